The van der Waals surface area contributed by atoms with Gasteiger partial charge in [0.25, 0.3) is 0 Å². The van der Waals surface area contributed by atoms with Crippen molar-refractivity contribution in [1.82, 2.24) is 9.88 Å². The molecule has 1 atom stereocenters. The van der Waals surface area contributed by atoms with Gasteiger partial charge in [0, 0.05) is 30.9 Å². The fraction of sp³-hybridized carbons (Fsp3) is 0.714. The molecule has 1 aromatic rings. The van der Waals surface area contributed by atoms with Gasteiger partial charge in [-0.1, -0.05) is 37.8 Å². The summed E-state index contributed by atoms with van der Waals surface area (Å²) in [6, 6.07) is 1.79. The highest BCUT2D eigenvalue weighted by Crippen LogP contribution is 2.33. The minimum Gasteiger partial charge on any atom is -0.487 e. The van der Waals surface area contributed by atoms with Crippen molar-refractivity contribution < 1.29 is 9.53 Å². The Morgan fingerprint density at radius 1 is 1.31 bits per heavy atom. The van der Waals surface area contributed by atoms with Crippen molar-refractivity contribution >= 4 is 17.5 Å². The second kappa shape index (κ2) is 9.59. The van der Waals surface area contributed by atoms with Gasteiger partial charge in [0.1, 0.15) is 16.9 Å². The fourth-order valence-electron chi connectivity index (χ4n) is 4.32. The maximum Gasteiger partial charge on any atom is 0.225 e. The van der Waals surface area contributed by atoms with Crippen LogP contribution in [0.15, 0.2) is 18.5 Å². The van der Waals surface area contributed by atoms with E-state index < -0.39 is 0 Å². The Labute approximate surface area is 162 Å². The minimum absolute atomic E-state index is 0.0218. The molecule has 2 aliphatic rings. The number of rotatable bonds is 6. The number of aromatic nitrogens is 1. The number of unbranched alkanes of at least 4 members (excludes halogenated alkanes) is 1. The molecule has 1 aliphatic heterocycles. The molecular weight excluding hydrogens is 348 g/mol. The van der Waals surface area contributed by atoms with E-state index in [0.29, 0.717) is 23.2 Å². The highest BCUT2D eigenvalue weighted by atomic mass is 35.5. The highest BCUT2D eigenvalue weighted by molar-refractivity contribution is 6.31. The van der Waals surface area contributed by atoms with Crippen molar-refractivity contribution in [2.75, 3.05) is 13.1 Å². The molecule has 0 N–H and O–H groups in total. The molecule has 0 radical (unpaired) electrons. The quantitative estimate of drug-likeness (QED) is 0.691. The van der Waals surface area contributed by atoms with Crippen LogP contribution in [-0.2, 0) is 4.79 Å². The molecule has 4 nitrogen and oxygen atoms in total. The van der Waals surface area contributed by atoms with Crippen molar-refractivity contribution in [3.63, 3.8) is 0 Å². The van der Waals surface area contributed by atoms with Crippen molar-refractivity contribution in [3.05, 3.63) is 23.5 Å². The summed E-state index contributed by atoms with van der Waals surface area (Å²) in [6.45, 7) is 3.79. The largest absolute Gasteiger partial charge is 0.487 e. The number of ether oxygens (including phenoxy) is 1. The van der Waals surface area contributed by atoms with Crippen LogP contribution < -0.4 is 4.74 Å². The molecule has 2 heterocycles. The molecule has 1 saturated carbocycles. The van der Waals surface area contributed by atoms with Gasteiger partial charge in [-0.3, -0.25) is 9.78 Å². The zero-order valence-corrected chi connectivity index (χ0v) is 16.6. The molecule has 2 fully saturated rings. The monoisotopic (exact) mass is 378 g/mol. The van der Waals surface area contributed by atoms with E-state index in [0.717, 1.165) is 38.1 Å². The first kappa shape index (κ1) is 19.5. The number of pyridine rings is 1. The molecule has 0 spiro atoms. The summed E-state index contributed by atoms with van der Waals surface area (Å²) in [5, 5.41) is 0.529. The van der Waals surface area contributed by atoms with Gasteiger partial charge in [-0.25, -0.2) is 0 Å². The van der Waals surface area contributed by atoms with E-state index in [4.69, 9.17) is 16.3 Å². The summed E-state index contributed by atoms with van der Waals surface area (Å²) < 4.78 is 6.05. The smallest absolute Gasteiger partial charge is 0.225 e. The zero-order chi connectivity index (χ0) is 18.4. The molecular formula is C21H31ClN2O2. The van der Waals surface area contributed by atoms with Gasteiger partial charge in [-0.15, -0.1) is 0 Å². The van der Waals surface area contributed by atoms with E-state index in [1.165, 1.54) is 32.1 Å². The van der Waals surface area contributed by atoms with E-state index in [1.54, 1.807) is 18.5 Å². The summed E-state index contributed by atoms with van der Waals surface area (Å²) in [5.41, 5.74) is 0. The van der Waals surface area contributed by atoms with Crippen LogP contribution in [0.3, 0.4) is 0 Å². The van der Waals surface area contributed by atoms with Gasteiger partial charge < -0.3 is 9.64 Å². The van der Waals surface area contributed by atoms with Crippen LogP contribution in [0, 0.1) is 11.8 Å². The van der Waals surface area contributed by atoms with Crippen molar-refractivity contribution in [1.29, 1.82) is 0 Å². The van der Waals surface area contributed by atoms with E-state index in [9.17, 15) is 4.79 Å². The predicted molar refractivity (Wildman–Crippen MR) is 104 cm³/mol. The lowest BCUT2D eigenvalue weighted by Gasteiger charge is -2.37. The van der Waals surface area contributed by atoms with Gasteiger partial charge in [0.2, 0.25) is 5.91 Å². The predicted octanol–water partition coefficient (Wildman–Crippen LogP) is 5.10. The fourth-order valence-corrected chi connectivity index (χ4v) is 4.49. The van der Waals surface area contributed by atoms with Crippen LogP contribution in [0.5, 0.6) is 5.75 Å². The van der Waals surface area contributed by atoms with Crippen molar-refractivity contribution in [3.8, 4) is 5.75 Å². The number of piperidine rings is 1. The lowest BCUT2D eigenvalue weighted by molar-refractivity contribution is -0.139. The number of amides is 1. The number of hydrogen-bond acceptors (Lipinski definition) is 3. The second-order valence-electron chi connectivity index (χ2n) is 7.83. The Morgan fingerprint density at radius 2 is 2.12 bits per heavy atom. The molecule has 0 bridgehead atoms. The first-order chi connectivity index (χ1) is 12.7. The summed E-state index contributed by atoms with van der Waals surface area (Å²) >= 11 is 6.15. The summed E-state index contributed by atoms with van der Waals surface area (Å²) in [5.74, 6) is 2.06. The Morgan fingerprint density at radius 3 is 2.85 bits per heavy atom. The van der Waals surface area contributed by atoms with E-state index in [-0.39, 0.29) is 12.0 Å². The maximum atomic E-state index is 13.0. The van der Waals surface area contributed by atoms with Crippen LogP contribution in [0.4, 0.5) is 0 Å². The Bertz CT molecular complexity index is 587. The van der Waals surface area contributed by atoms with Gasteiger partial charge in [0.05, 0.1) is 6.54 Å². The first-order valence-corrected chi connectivity index (χ1v) is 10.6. The molecule has 144 valence electrons. The molecule has 1 aromatic heterocycles. The zero-order valence-electron chi connectivity index (χ0n) is 15.8. The van der Waals surface area contributed by atoms with Crippen LogP contribution in [0.2, 0.25) is 5.02 Å². The van der Waals surface area contributed by atoms with Crippen LogP contribution in [0.25, 0.3) is 0 Å². The number of likely N-dealkylation sites (tertiary alicyclic amines) is 1. The molecule has 1 aliphatic carbocycles. The third-order valence-corrected chi connectivity index (χ3v) is 6.16. The van der Waals surface area contributed by atoms with Crippen LogP contribution >= 0.6 is 11.6 Å². The van der Waals surface area contributed by atoms with Gasteiger partial charge >= 0.3 is 0 Å². The Kier molecular flexibility index (Phi) is 7.18. The average Bonchev–Trinajstić information content (AvgIpc) is 2.68. The standard InChI is InChI=1S/C21H31ClN2O2/c1-2-3-5-16-7-9-17(10-8-16)21(25)24-13-4-6-18(15-24)26-20-11-12-23-14-19(20)22/h11-12,14,16-18H,2-10,13,15H2,1H3. The summed E-state index contributed by atoms with van der Waals surface area (Å²) in [4.78, 5) is 19.0. The van der Waals surface area contributed by atoms with E-state index in [2.05, 4.69) is 11.9 Å². The second-order valence-corrected chi connectivity index (χ2v) is 8.24. The highest BCUT2D eigenvalue weighted by Gasteiger charge is 2.32. The van der Waals surface area contributed by atoms with Gasteiger partial charge in [0.15, 0.2) is 0 Å². The number of halogens is 1. The molecule has 3 rings (SSSR count). The normalized spacial score (nSPS) is 26.5. The molecule has 1 amide bonds. The number of carbonyl (C=O) groups excluding carboxylic acids is 1. The first-order valence-electron chi connectivity index (χ1n) is 10.2. The average molecular weight is 379 g/mol. The number of nitrogens with zero attached hydrogens (tertiary/aromatic N) is 2. The summed E-state index contributed by atoms with van der Waals surface area (Å²) in [6.07, 6.45) is 13.8. The van der Waals surface area contributed by atoms with Gasteiger partial charge in [-0.05, 0) is 44.4 Å². The maximum absolute atomic E-state index is 13.0. The summed E-state index contributed by atoms with van der Waals surface area (Å²) in [7, 11) is 0. The molecule has 26 heavy (non-hydrogen) atoms. The number of carbonyl (C=O) groups is 1. The Hall–Kier alpha value is -1.29. The molecule has 1 saturated heterocycles. The van der Waals surface area contributed by atoms with Crippen LogP contribution in [0.1, 0.15) is 64.7 Å². The Balaban J connectivity index is 1.50. The van der Waals surface area contributed by atoms with E-state index >= 15 is 0 Å². The van der Waals surface area contributed by atoms with Crippen molar-refractivity contribution in [2.24, 2.45) is 11.8 Å². The van der Waals surface area contributed by atoms with Crippen molar-refractivity contribution in [2.45, 2.75) is 70.8 Å². The van der Waals surface area contributed by atoms with Gasteiger partial charge in [-0.2, -0.15) is 0 Å². The topological polar surface area (TPSA) is 42.4 Å². The lowest BCUT2D eigenvalue weighted by atomic mass is 9.79. The van der Waals surface area contributed by atoms with E-state index in [1.807, 2.05) is 4.90 Å². The minimum atomic E-state index is 0.0218. The molecule has 0 aromatic carbocycles. The SMILES string of the molecule is CCCCC1CCC(C(=O)N2CCCC(Oc3ccncc3Cl)C2)CC1. The number of hydrogen-bond donors (Lipinski definition) is 0. The lowest BCUT2D eigenvalue weighted by Crippen LogP contribution is -2.47. The third kappa shape index (κ3) is 5.12. The molecule has 1 unspecified atom stereocenters. The van der Waals surface area contributed by atoms with Crippen LogP contribution in [-0.4, -0.2) is 35.0 Å². The molecule has 5 heteroatoms. The third-order valence-electron chi connectivity index (χ3n) is 5.88.